The van der Waals surface area contributed by atoms with Crippen molar-refractivity contribution >= 4 is 5.91 Å². The van der Waals surface area contributed by atoms with Crippen LogP contribution in [0.4, 0.5) is 4.39 Å². The van der Waals surface area contributed by atoms with Crippen molar-refractivity contribution in [2.45, 2.75) is 76.1 Å². The number of benzene rings is 2. The van der Waals surface area contributed by atoms with Crippen molar-refractivity contribution in [1.29, 1.82) is 0 Å². The minimum atomic E-state index is -0.640. The highest BCUT2D eigenvalue weighted by molar-refractivity contribution is 5.95. The second-order valence-electron chi connectivity index (χ2n) is 10.6. The normalized spacial score (nSPS) is 22.5. The Balaban J connectivity index is 1.15. The fourth-order valence-corrected chi connectivity index (χ4v) is 5.86. The van der Waals surface area contributed by atoms with Gasteiger partial charge in [0.25, 0.3) is 5.91 Å². The summed E-state index contributed by atoms with van der Waals surface area (Å²) < 4.78 is 32.2. The quantitative estimate of drug-likeness (QED) is 0.635. The number of likely N-dealkylation sites (tertiary alicyclic amines) is 1. The summed E-state index contributed by atoms with van der Waals surface area (Å²) in [6.07, 6.45) is 7.37. The average Bonchev–Trinajstić information content (AvgIpc) is 2.89. The Labute approximate surface area is 212 Å². The van der Waals surface area contributed by atoms with Gasteiger partial charge in [-0.05, 0) is 66.6 Å². The minimum absolute atomic E-state index is 0.106. The number of piperidine rings is 1. The Kier molecular flexibility index (Phi) is 6.71. The molecule has 0 bridgehead atoms. The van der Waals surface area contributed by atoms with Crippen LogP contribution in [0.15, 0.2) is 36.4 Å². The Hall–Kier alpha value is -2.48. The average molecular weight is 495 g/mol. The van der Waals surface area contributed by atoms with Crippen LogP contribution >= 0.6 is 0 Å². The third kappa shape index (κ3) is 4.76. The molecular formula is C29H35FN2O4. The summed E-state index contributed by atoms with van der Waals surface area (Å²) in [5, 5.41) is 3.05. The molecule has 1 saturated carbocycles. The molecular weight excluding hydrogens is 459 g/mol. The zero-order valence-corrected chi connectivity index (χ0v) is 20.8. The smallest absolute Gasteiger partial charge is 0.251 e. The van der Waals surface area contributed by atoms with Crippen molar-refractivity contribution in [1.82, 2.24) is 10.2 Å². The first kappa shape index (κ1) is 23.9. The Morgan fingerprint density at radius 3 is 2.58 bits per heavy atom. The molecule has 2 aromatic rings. The third-order valence-electron chi connectivity index (χ3n) is 8.38. The number of ether oxygens (including phenoxy) is 3. The molecule has 1 spiro atoms. The standard InChI is InChI=1S/C29H35FN2O4/c30-18-22-17-21(28(33)31-24-8-14-34-15-9-24)4-6-26(22)20-5-7-27-23(16-20)19-35-29(36-27)10-12-32(13-11-29)25-2-1-3-25/h4-7,16-17,24-25H,1-3,8-15,18-19H2,(H,31,33). The number of halogens is 1. The summed E-state index contributed by atoms with van der Waals surface area (Å²) in [6, 6.07) is 12.2. The Bertz CT molecular complexity index is 1100. The SMILES string of the molecule is O=C(NC1CCOCC1)c1ccc(-c2ccc3c(c2)COC2(CCN(C4CCC4)CC2)O3)c(CF)c1. The van der Waals surface area contributed by atoms with E-state index in [9.17, 15) is 9.18 Å². The summed E-state index contributed by atoms with van der Waals surface area (Å²) in [4.78, 5) is 15.3. The Morgan fingerprint density at radius 1 is 1.06 bits per heavy atom. The lowest BCUT2D eigenvalue weighted by molar-refractivity contribution is -0.231. The third-order valence-corrected chi connectivity index (χ3v) is 8.38. The lowest BCUT2D eigenvalue weighted by Gasteiger charge is -2.47. The highest BCUT2D eigenvalue weighted by atomic mass is 19.1. The topological polar surface area (TPSA) is 60.0 Å². The molecule has 7 heteroatoms. The van der Waals surface area contributed by atoms with Gasteiger partial charge in [0, 0.05) is 62.4 Å². The number of alkyl halides is 1. The molecule has 6 nitrogen and oxygen atoms in total. The predicted molar refractivity (Wildman–Crippen MR) is 135 cm³/mol. The molecule has 1 aliphatic carbocycles. The number of rotatable bonds is 5. The fraction of sp³-hybridized carbons (Fsp3) is 0.552. The van der Waals surface area contributed by atoms with Crippen molar-refractivity contribution in [2.24, 2.45) is 0 Å². The van der Waals surface area contributed by atoms with Crippen LogP contribution in [0.3, 0.4) is 0 Å². The molecule has 3 fully saturated rings. The van der Waals surface area contributed by atoms with Gasteiger partial charge in [-0.1, -0.05) is 18.6 Å². The number of fused-ring (bicyclic) bond motifs is 1. The first-order valence-corrected chi connectivity index (χ1v) is 13.4. The number of carbonyl (C=O) groups is 1. The van der Waals surface area contributed by atoms with E-state index in [0.29, 0.717) is 30.9 Å². The van der Waals surface area contributed by atoms with Crippen molar-refractivity contribution in [3.8, 4) is 16.9 Å². The zero-order valence-electron chi connectivity index (χ0n) is 20.8. The van der Waals surface area contributed by atoms with E-state index < -0.39 is 12.5 Å². The first-order chi connectivity index (χ1) is 17.6. The molecule has 2 saturated heterocycles. The number of nitrogens with zero attached hydrogens (tertiary/aromatic N) is 1. The molecule has 1 N–H and O–H groups in total. The van der Waals surface area contributed by atoms with Crippen LogP contribution < -0.4 is 10.1 Å². The van der Waals surface area contributed by atoms with Gasteiger partial charge in [-0.15, -0.1) is 0 Å². The van der Waals surface area contributed by atoms with Gasteiger partial charge in [-0.2, -0.15) is 0 Å². The molecule has 4 aliphatic rings. The lowest BCUT2D eigenvalue weighted by Crippen LogP contribution is -2.54. The maximum Gasteiger partial charge on any atom is 0.251 e. The number of amides is 1. The molecule has 6 rings (SSSR count). The van der Waals surface area contributed by atoms with Crippen LogP contribution in [0.2, 0.25) is 0 Å². The molecule has 0 unspecified atom stereocenters. The van der Waals surface area contributed by atoms with Crippen molar-refractivity contribution < 1.29 is 23.4 Å². The summed E-state index contributed by atoms with van der Waals surface area (Å²) in [5.41, 5.74) is 3.66. The van der Waals surface area contributed by atoms with E-state index in [1.165, 1.54) is 19.3 Å². The predicted octanol–water partition coefficient (Wildman–Crippen LogP) is 4.99. The number of nitrogens with one attached hydrogen (secondary N) is 1. The van der Waals surface area contributed by atoms with E-state index in [1.54, 1.807) is 12.1 Å². The van der Waals surface area contributed by atoms with Gasteiger partial charge < -0.3 is 19.5 Å². The fourth-order valence-electron chi connectivity index (χ4n) is 5.86. The van der Waals surface area contributed by atoms with E-state index in [0.717, 1.165) is 67.3 Å². The number of hydrogen-bond acceptors (Lipinski definition) is 5. The van der Waals surface area contributed by atoms with Crippen LogP contribution in [0.5, 0.6) is 5.75 Å². The highest BCUT2D eigenvalue weighted by Crippen LogP contribution is 2.41. The van der Waals surface area contributed by atoms with Crippen molar-refractivity contribution in [3.05, 3.63) is 53.1 Å². The van der Waals surface area contributed by atoms with Crippen LogP contribution in [0, 0.1) is 0 Å². The van der Waals surface area contributed by atoms with E-state index in [-0.39, 0.29) is 11.9 Å². The van der Waals surface area contributed by atoms with Gasteiger partial charge in [0.15, 0.2) is 0 Å². The molecule has 3 aliphatic heterocycles. The van der Waals surface area contributed by atoms with Crippen LogP contribution in [-0.4, -0.2) is 55.0 Å². The summed E-state index contributed by atoms with van der Waals surface area (Å²) >= 11 is 0. The second kappa shape index (κ2) is 10.1. The first-order valence-electron chi connectivity index (χ1n) is 13.4. The van der Waals surface area contributed by atoms with E-state index in [1.807, 2.05) is 24.3 Å². The van der Waals surface area contributed by atoms with Crippen molar-refractivity contribution in [3.63, 3.8) is 0 Å². The van der Waals surface area contributed by atoms with Crippen LogP contribution in [-0.2, 0) is 22.8 Å². The van der Waals surface area contributed by atoms with Gasteiger partial charge in [-0.25, -0.2) is 4.39 Å². The molecule has 0 atom stereocenters. The molecule has 1 amide bonds. The molecule has 36 heavy (non-hydrogen) atoms. The molecule has 0 aromatic heterocycles. The van der Waals surface area contributed by atoms with Crippen LogP contribution in [0.1, 0.15) is 66.4 Å². The summed E-state index contributed by atoms with van der Waals surface area (Å²) in [6.45, 7) is 3.21. The molecule has 3 heterocycles. The van der Waals surface area contributed by atoms with E-state index >= 15 is 0 Å². The largest absolute Gasteiger partial charge is 0.462 e. The summed E-state index contributed by atoms with van der Waals surface area (Å²) in [7, 11) is 0. The van der Waals surface area contributed by atoms with Gasteiger partial charge >= 0.3 is 0 Å². The van der Waals surface area contributed by atoms with Gasteiger partial charge in [0.2, 0.25) is 5.79 Å². The van der Waals surface area contributed by atoms with Gasteiger partial charge in [0.05, 0.1) is 6.61 Å². The molecule has 192 valence electrons. The number of carbonyl (C=O) groups excluding carboxylic acids is 1. The lowest BCUT2D eigenvalue weighted by atomic mass is 9.89. The highest BCUT2D eigenvalue weighted by Gasteiger charge is 2.42. The van der Waals surface area contributed by atoms with Crippen molar-refractivity contribution in [2.75, 3.05) is 26.3 Å². The van der Waals surface area contributed by atoms with Crippen LogP contribution in [0.25, 0.3) is 11.1 Å². The van der Waals surface area contributed by atoms with E-state index in [4.69, 9.17) is 14.2 Å². The summed E-state index contributed by atoms with van der Waals surface area (Å²) in [5.74, 6) is 0.165. The zero-order chi connectivity index (χ0) is 24.5. The Morgan fingerprint density at radius 2 is 1.86 bits per heavy atom. The van der Waals surface area contributed by atoms with Gasteiger partial charge in [0.1, 0.15) is 12.4 Å². The molecule has 2 aromatic carbocycles. The maximum atomic E-state index is 14.1. The maximum absolute atomic E-state index is 14.1. The molecule has 0 radical (unpaired) electrons. The second-order valence-corrected chi connectivity index (χ2v) is 10.6. The van der Waals surface area contributed by atoms with E-state index in [2.05, 4.69) is 10.2 Å². The number of hydrogen-bond donors (Lipinski definition) is 1. The monoisotopic (exact) mass is 494 g/mol. The van der Waals surface area contributed by atoms with Gasteiger partial charge in [-0.3, -0.25) is 9.69 Å². The minimum Gasteiger partial charge on any atom is -0.462 e.